The molecule has 1 aromatic rings. The zero-order chi connectivity index (χ0) is 12.8. The van der Waals surface area contributed by atoms with Crippen molar-refractivity contribution in [3.8, 4) is 11.8 Å². The van der Waals surface area contributed by atoms with Crippen LogP contribution >= 0.6 is 11.3 Å². The summed E-state index contributed by atoms with van der Waals surface area (Å²) in [5.74, 6) is 5.73. The molecule has 0 aliphatic carbocycles. The Hall–Kier alpha value is -0.860. The SMILES string of the molecule is CN(Cc1sccc1C#CCO)C1CCOCC1. The zero-order valence-corrected chi connectivity index (χ0v) is 11.5. The van der Waals surface area contributed by atoms with Gasteiger partial charge in [-0.25, -0.2) is 0 Å². The van der Waals surface area contributed by atoms with Crippen LogP contribution in [0.5, 0.6) is 0 Å². The molecular weight excluding hydrogens is 246 g/mol. The largest absolute Gasteiger partial charge is 0.384 e. The first-order chi connectivity index (χ1) is 8.81. The third kappa shape index (κ3) is 3.56. The Morgan fingerprint density at radius 1 is 1.50 bits per heavy atom. The lowest BCUT2D eigenvalue weighted by Gasteiger charge is -2.30. The number of nitrogens with zero attached hydrogens (tertiary/aromatic N) is 1. The minimum absolute atomic E-state index is 0.0783. The van der Waals surface area contributed by atoms with E-state index in [4.69, 9.17) is 9.84 Å². The maximum atomic E-state index is 8.75. The molecule has 0 amide bonds. The van der Waals surface area contributed by atoms with Gasteiger partial charge in [-0.05, 0) is 31.3 Å². The second kappa shape index (κ2) is 6.91. The minimum atomic E-state index is -0.0783. The average molecular weight is 265 g/mol. The summed E-state index contributed by atoms with van der Waals surface area (Å²) in [7, 11) is 2.17. The maximum absolute atomic E-state index is 8.75. The van der Waals surface area contributed by atoms with E-state index in [9.17, 15) is 0 Å². The van der Waals surface area contributed by atoms with Crippen molar-refractivity contribution in [1.29, 1.82) is 0 Å². The second-order valence-corrected chi connectivity index (χ2v) is 5.48. The summed E-state index contributed by atoms with van der Waals surface area (Å²) in [5.41, 5.74) is 1.05. The Morgan fingerprint density at radius 2 is 2.28 bits per heavy atom. The van der Waals surface area contributed by atoms with E-state index in [-0.39, 0.29) is 6.61 Å². The Balaban J connectivity index is 1.97. The third-order valence-electron chi connectivity index (χ3n) is 3.25. The highest BCUT2D eigenvalue weighted by molar-refractivity contribution is 7.10. The number of thiophene rings is 1. The molecule has 1 aliphatic rings. The predicted octanol–water partition coefficient (Wildman–Crippen LogP) is 1.70. The van der Waals surface area contributed by atoms with Crippen LogP contribution in [0.2, 0.25) is 0 Å². The first-order valence-electron chi connectivity index (χ1n) is 6.25. The number of aliphatic hydroxyl groups is 1. The monoisotopic (exact) mass is 265 g/mol. The average Bonchev–Trinajstić information content (AvgIpc) is 2.84. The smallest absolute Gasteiger partial charge is 0.104 e. The summed E-state index contributed by atoms with van der Waals surface area (Å²) >= 11 is 1.74. The normalized spacial score (nSPS) is 16.6. The maximum Gasteiger partial charge on any atom is 0.104 e. The van der Waals surface area contributed by atoms with Gasteiger partial charge in [0.2, 0.25) is 0 Å². The van der Waals surface area contributed by atoms with Gasteiger partial charge in [0.25, 0.3) is 0 Å². The van der Waals surface area contributed by atoms with Crippen molar-refractivity contribution in [2.24, 2.45) is 0 Å². The van der Waals surface area contributed by atoms with Gasteiger partial charge in [-0.15, -0.1) is 11.3 Å². The molecule has 0 aromatic carbocycles. The van der Waals surface area contributed by atoms with E-state index in [1.54, 1.807) is 11.3 Å². The molecule has 1 aliphatic heterocycles. The van der Waals surface area contributed by atoms with Gasteiger partial charge >= 0.3 is 0 Å². The number of rotatable bonds is 3. The molecule has 3 nitrogen and oxygen atoms in total. The molecule has 0 unspecified atom stereocenters. The third-order valence-corrected chi connectivity index (χ3v) is 4.16. The van der Waals surface area contributed by atoms with Gasteiger partial charge in [-0.3, -0.25) is 4.90 Å². The Labute approximate surface area is 112 Å². The van der Waals surface area contributed by atoms with Crippen LogP contribution in [-0.4, -0.2) is 42.9 Å². The highest BCUT2D eigenvalue weighted by Crippen LogP contribution is 2.21. The van der Waals surface area contributed by atoms with Gasteiger partial charge in [0.15, 0.2) is 0 Å². The first-order valence-corrected chi connectivity index (χ1v) is 7.13. The van der Waals surface area contributed by atoms with E-state index in [0.29, 0.717) is 6.04 Å². The molecule has 1 N–H and O–H groups in total. The first kappa shape index (κ1) is 13.6. The molecule has 98 valence electrons. The van der Waals surface area contributed by atoms with Crippen molar-refractivity contribution in [2.75, 3.05) is 26.9 Å². The molecule has 1 saturated heterocycles. The lowest BCUT2D eigenvalue weighted by atomic mass is 10.1. The Morgan fingerprint density at radius 3 is 3.00 bits per heavy atom. The summed E-state index contributed by atoms with van der Waals surface area (Å²) < 4.78 is 5.39. The van der Waals surface area contributed by atoms with Crippen LogP contribution in [0, 0.1) is 11.8 Å². The van der Waals surface area contributed by atoms with E-state index in [1.807, 2.05) is 6.07 Å². The van der Waals surface area contributed by atoms with E-state index in [0.717, 1.165) is 38.2 Å². The topological polar surface area (TPSA) is 32.7 Å². The molecule has 0 radical (unpaired) electrons. The molecule has 18 heavy (non-hydrogen) atoms. The minimum Gasteiger partial charge on any atom is -0.384 e. The molecule has 0 bridgehead atoms. The lowest BCUT2D eigenvalue weighted by Crippen LogP contribution is -2.36. The molecule has 2 rings (SSSR count). The van der Waals surface area contributed by atoms with Gasteiger partial charge in [0.1, 0.15) is 6.61 Å². The van der Waals surface area contributed by atoms with Gasteiger partial charge < -0.3 is 9.84 Å². The molecule has 0 atom stereocenters. The lowest BCUT2D eigenvalue weighted by molar-refractivity contribution is 0.0410. The summed E-state index contributed by atoms with van der Waals surface area (Å²) in [6.45, 7) is 2.59. The van der Waals surface area contributed by atoms with Crippen LogP contribution in [0.1, 0.15) is 23.3 Å². The van der Waals surface area contributed by atoms with E-state index < -0.39 is 0 Å². The van der Waals surface area contributed by atoms with Gasteiger partial charge in [-0.2, -0.15) is 0 Å². The molecule has 0 saturated carbocycles. The summed E-state index contributed by atoms with van der Waals surface area (Å²) in [6, 6.07) is 2.64. The van der Waals surface area contributed by atoms with Crippen molar-refractivity contribution in [3.05, 3.63) is 21.9 Å². The van der Waals surface area contributed by atoms with Crippen LogP contribution < -0.4 is 0 Å². The fourth-order valence-electron chi connectivity index (χ4n) is 2.19. The van der Waals surface area contributed by atoms with E-state index in [1.165, 1.54) is 4.88 Å². The standard InChI is InChI=1S/C14H19NO2S/c1-15(13-4-8-17-9-5-13)11-14-12(3-2-7-16)6-10-18-14/h6,10,13,16H,4-5,7-9,11H2,1H3. The molecule has 1 aromatic heterocycles. The summed E-state index contributed by atoms with van der Waals surface area (Å²) in [5, 5.41) is 10.8. The molecule has 1 fully saturated rings. The van der Waals surface area contributed by atoms with Crippen LogP contribution in [-0.2, 0) is 11.3 Å². The van der Waals surface area contributed by atoms with E-state index >= 15 is 0 Å². The van der Waals surface area contributed by atoms with Crippen LogP contribution in [0.4, 0.5) is 0 Å². The van der Waals surface area contributed by atoms with Crippen LogP contribution in [0.15, 0.2) is 11.4 Å². The van der Waals surface area contributed by atoms with E-state index in [2.05, 4.69) is 29.2 Å². The fraction of sp³-hybridized carbons (Fsp3) is 0.571. The van der Waals surface area contributed by atoms with Gasteiger partial charge in [0.05, 0.1) is 0 Å². The Kier molecular flexibility index (Phi) is 5.21. The molecular formula is C14H19NO2S. The van der Waals surface area contributed by atoms with Crippen molar-refractivity contribution in [3.63, 3.8) is 0 Å². The van der Waals surface area contributed by atoms with Crippen molar-refractivity contribution < 1.29 is 9.84 Å². The Bertz CT molecular complexity index is 426. The summed E-state index contributed by atoms with van der Waals surface area (Å²) in [6.07, 6.45) is 2.22. The molecule has 2 heterocycles. The van der Waals surface area contributed by atoms with Crippen molar-refractivity contribution >= 4 is 11.3 Å². The van der Waals surface area contributed by atoms with Gasteiger partial charge in [-0.1, -0.05) is 11.8 Å². The number of hydrogen-bond donors (Lipinski definition) is 1. The predicted molar refractivity (Wildman–Crippen MR) is 73.6 cm³/mol. The fourth-order valence-corrected chi connectivity index (χ4v) is 3.08. The highest BCUT2D eigenvalue weighted by Gasteiger charge is 2.19. The quantitative estimate of drug-likeness (QED) is 0.844. The zero-order valence-electron chi connectivity index (χ0n) is 10.7. The van der Waals surface area contributed by atoms with Gasteiger partial charge in [0, 0.05) is 36.2 Å². The highest BCUT2D eigenvalue weighted by atomic mass is 32.1. The molecule has 0 spiro atoms. The number of hydrogen-bond acceptors (Lipinski definition) is 4. The summed E-state index contributed by atoms with van der Waals surface area (Å²) in [4.78, 5) is 3.67. The van der Waals surface area contributed by atoms with Crippen LogP contribution in [0.3, 0.4) is 0 Å². The second-order valence-electron chi connectivity index (χ2n) is 4.48. The van der Waals surface area contributed by atoms with Crippen LogP contribution in [0.25, 0.3) is 0 Å². The number of ether oxygens (including phenoxy) is 1. The van der Waals surface area contributed by atoms with Crippen molar-refractivity contribution in [2.45, 2.75) is 25.4 Å². The number of aliphatic hydroxyl groups excluding tert-OH is 1. The van der Waals surface area contributed by atoms with Crippen molar-refractivity contribution in [1.82, 2.24) is 4.90 Å². The molecule has 4 heteroatoms.